The van der Waals surface area contributed by atoms with Gasteiger partial charge in [0.2, 0.25) is 0 Å². The van der Waals surface area contributed by atoms with Crippen LogP contribution < -0.4 is 5.73 Å². The molecule has 0 aliphatic rings. The van der Waals surface area contributed by atoms with Crippen LogP contribution in [0.25, 0.3) is 11.3 Å². The first-order chi connectivity index (χ1) is 9.34. The average Bonchev–Trinajstić information content (AvgIpc) is 2.69. The number of nitrogens with two attached hydrogens (primary N) is 1. The number of aryl methyl sites for hydroxylation is 1. The number of hydrogen-bond acceptors (Lipinski definition) is 3. The van der Waals surface area contributed by atoms with Gasteiger partial charge in [0.15, 0.2) is 0 Å². The number of imidazole rings is 1. The molecule has 20 heavy (non-hydrogen) atoms. The Morgan fingerprint density at radius 2 is 2.05 bits per heavy atom. The van der Waals surface area contributed by atoms with Crippen LogP contribution in [-0.2, 0) is 12.0 Å². The second-order valence-electron chi connectivity index (χ2n) is 6.01. The van der Waals surface area contributed by atoms with Gasteiger partial charge >= 0.3 is 0 Å². The normalized spacial score (nSPS) is 11.6. The quantitative estimate of drug-likeness (QED) is 0.870. The molecule has 0 fully saturated rings. The van der Waals surface area contributed by atoms with Crippen LogP contribution in [-0.4, -0.2) is 14.5 Å². The molecule has 0 atom stereocenters. The number of anilines is 1. The van der Waals surface area contributed by atoms with Crippen LogP contribution in [0.2, 0.25) is 0 Å². The Morgan fingerprint density at radius 3 is 2.55 bits per heavy atom. The lowest BCUT2D eigenvalue weighted by molar-refractivity contribution is 0.515. The van der Waals surface area contributed by atoms with E-state index in [9.17, 15) is 0 Å². The lowest BCUT2D eigenvalue weighted by atomic mass is 9.95. The molecule has 0 amide bonds. The first-order valence-corrected chi connectivity index (χ1v) is 6.75. The third-order valence-electron chi connectivity index (χ3n) is 3.17. The molecule has 0 aliphatic carbocycles. The summed E-state index contributed by atoms with van der Waals surface area (Å²) in [6.45, 7) is 12.8. The van der Waals surface area contributed by atoms with E-state index in [2.05, 4.69) is 32.3 Å². The van der Waals surface area contributed by atoms with Crippen LogP contribution in [0.15, 0.2) is 31.0 Å². The van der Waals surface area contributed by atoms with Crippen molar-refractivity contribution < 1.29 is 0 Å². The van der Waals surface area contributed by atoms with Gasteiger partial charge in [0.25, 0.3) is 0 Å². The first kappa shape index (κ1) is 14.3. The van der Waals surface area contributed by atoms with Gasteiger partial charge in [0, 0.05) is 29.4 Å². The summed E-state index contributed by atoms with van der Waals surface area (Å²) in [6, 6.07) is 3.98. The largest absolute Gasteiger partial charge is 0.383 e. The van der Waals surface area contributed by atoms with Gasteiger partial charge in [0.05, 0.1) is 0 Å². The lowest BCUT2D eigenvalue weighted by Gasteiger charge is -2.19. The number of hydrogen-bond donors (Lipinski definition) is 1. The molecule has 2 heterocycles. The summed E-state index contributed by atoms with van der Waals surface area (Å²) in [5.74, 6) is 1.63. The van der Waals surface area contributed by atoms with Crippen LogP contribution in [0.3, 0.4) is 0 Å². The number of allylic oxidation sites excluding steroid dienone is 1. The van der Waals surface area contributed by atoms with Gasteiger partial charge < -0.3 is 10.3 Å². The van der Waals surface area contributed by atoms with E-state index in [4.69, 9.17) is 10.7 Å². The molecule has 4 nitrogen and oxygen atoms in total. The van der Waals surface area contributed by atoms with E-state index in [-0.39, 0.29) is 5.41 Å². The van der Waals surface area contributed by atoms with Crippen molar-refractivity contribution >= 4 is 5.82 Å². The predicted molar refractivity (Wildman–Crippen MR) is 83.5 cm³/mol. The van der Waals surface area contributed by atoms with Crippen LogP contribution in [0.5, 0.6) is 0 Å². The minimum absolute atomic E-state index is 0.0759. The van der Waals surface area contributed by atoms with Crippen molar-refractivity contribution in [3.63, 3.8) is 0 Å². The molecule has 0 saturated carbocycles. The molecular formula is C16H22N4. The number of rotatable bonds is 3. The van der Waals surface area contributed by atoms with E-state index in [0.29, 0.717) is 12.4 Å². The molecule has 2 N–H and O–H groups in total. The Morgan fingerprint density at radius 1 is 1.35 bits per heavy atom. The highest BCUT2D eigenvalue weighted by molar-refractivity contribution is 5.70. The summed E-state index contributed by atoms with van der Waals surface area (Å²) in [4.78, 5) is 9.07. The van der Waals surface area contributed by atoms with Crippen molar-refractivity contribution in [1.82, 2.24) is 14.5 Å². The molecule has 2 rings (SSSR count). The van der Waals surface area contributed by atoms with Crippen molar-refractivity contribution in [1.29, 1.82) is 0 Å². The van der Waals surface area contributed by atoms with Gasteiger partial charge in [-0.1, -0.05) is 26.8 Å². The highest BCUT2D eigenvalue weighted by Crippen LogP contribution is 2.31. The Kier molecular flexibility index (Phi) is 3.66. The Bertz CT molecular complexity index is 615. The van der Waals surface area contributed by atoms with Crippen molar-refractivity contribution in [2.24, 2.45) is 0 Å². The minimum Gasteiger partial charge on any atom is -0.383 e. The van der Waals surface area contributed by atoms with Gasteiger partial charge in [-0.25, -0.2) is 4.98 Å². The third kappa shape index (κ3) is 2.59. The highest BCUT2D eigenvalue weighted by atomic mass is 15.1. The number of aromatic nitrogens is 3. The Labute approximate surface area is 120 Å². The summed E-state index contributed by atoms with van der Waals surface area (Å²) in [5, 5.41) is 0. The molecule has 2 aromatic rings. The van der Waals surface area contributed by atoms with Crippen molar-refractivity contribution in [2.45, 2.75) is 39.7 Å². The molecule has 0 spiro atoms. The molecule has 0 unspecified atom stereocenters. The van der Waals surface area contributed by atoms with Crippen LogP contribution >= 0.6 is 0 Å². The van der Waals surface area contributed by atoms with Gasteiger partial charge in [0.1, 0.15) is 17.3 Å². The summed E-state index contributed by atoms with van der Waals surface area (Å²) in [5.41, 5.74) is 8.93. The maximum Gasteiger partial charge on any atom is 0.132 e. The summed E-state index contributed by atoms with van der Waals surface area (Å²) >= 11 is 0. The maximum atomic E-state index is 6.28. The molecule has 4 heteroatoms. The van der Waals surface area contributed by atoms with Gasteiger partial charge in [-0.3, -0.25) is 4.98 Å². The Hall–Kier alpha value is -2.10. The second-order valence-corrected chi connectivity index (χ2v) is 6.01. The van der Waals surface area contributed by atoms with Crippen molar-refractivity contribution in [3.05, 3.63) is 42.5 Å². The molecule has 0 aromatic carbocycles. The number of nitrogens with zero attached hydrogens (tertiary/aromatic N) is 3. The van der Waals surface area contributed by atoms with E-state index >= 15 is 0 Å². The lowest BCUT2D eigenvalue weighted by Crippen LogP contribution is -2.19. The highest BCUT2D eigenvalue weighted by Gasteiger charge is 2.25. The fraction of sp³-hybridized carbons (Fsp3) is 0.375. The van der Waals surface area contributed by atoms with Crippen molar-refractivity contribution in [2.75, 3.05) is 5.73 Å². The van der Waals surface area contributed by atoms with E-state index in [1.165, 1.54) is 0 Å². The summed E-state index contributed by atoms with van der Waals surface area (Å²) in [6.07, 6.45) is 3.66. The van der Waals surface area contributed by atoms with Gasteiger partial charge in [-0.05, 0) is 19.1 Å². The molecular weight excluding hydrogens is 248 g/mol. The molecule has 0 bridgehead atoms. The van der Waals surface area contributed by atoms with Crippen LogP contribution in [0.1, 0.15) is 32.3 Å². The zero-order chi connectivity index (χ0) is 14.9. The molecule has 0 aliphatic heterocycles. The zero-order valence-electron chi connectivity index (χ0n) is 12.6. The maximum absolute atomic E-state index is 6.28. The molecule has 0 saturated heterocycles. The minimum atomic E-state index is -0.0759. The third-order valence-corrected chi connectivity index (χ3v) is 3.17. The van der Waals surface area contributed by atoms with E-state index in [1.54, 1.807) is 0 Å². The summed E-state index contributed by atoms with van der Waals surface area (Å²) < 4.78 is 2.02. The standard InChI is InChI=1S/C16H22N4/c1-6-9-20-14(17)13(19-15(20)16(3,4)5)12-8-7-11(2)18-10-12/h6-8,10H,1,9,17H2,2-5H3. The number of pyridine rings is 1. The van der Waals surface area contributed by atoms with Crippen LogP contribution in [0, 0.1) is 6.92 Å². The Balaban J connectivity index is 2.60. The van der Waals surface area contributed by atoms with E-state index < -0.39 is 0 Å². The van der Waals surface area contributed by atoms with E-state index in [0.717, 1.165) is 22.8 Å². The fourth-order valence-corrected chi connectivity index (χ4v) is 2.17. The molecule has 2 aromatic heterocycles. The summed E-state index contributed by atoms with van der Waals surface area (Å²) in [7, 11) is 0. The second kappa shape index (κ2) is 5.12. The van der Waals surface area contributed by atoms with Crippen molar-refractivity contribution in [3.8, 4) is 11.3 Å². The fourth-order valence-electron chi connectivity index (χ4n) is 2.17. The number of nitrogen functional groups attached to an aromatic ring is 1. The molecule has 106 valence electrons. The molecule has 0 radical (unpaired) electrons. The first-order valence-electron chi connectivity index (χ1n) is 6.75. The SMILES string of the molecule is C=CCn1c(C(C)(C)C)nc(-c2ccc(C)nc2)c1N. The average molecular weight is 270 g/mol. The monoisotopic (exact) mass is 270 g/mol. The zero-order valence-corrected chi connectivity index (χ0v) is 12.6. The van der Waals surface area contributed by atoms with Crippen LogP contribution in [0.4, 0.5) is 5.82 Å². The van der Waals surface area contributed by atoms with E-state index in [1.807, 2.05) is 35.9 Å². The van der Waals surface area contributed by atoms with Gasteiger partial charge in [-0.15, -0.1) is 6.58 Å². The predicted octanol–water partition coefficient (Wildman–Crippen LogP) is 3.32. The topological polar surface area (TPSA) is 56.7 Å². The smallest absolute Gasteiger partial charge is 0.132 e. The van der Waals surface area contributed by atoms with Gasteiger partial charge in [-0.2, -0.15) is 0 Å².